The van der Waals surface area contributed by atoms with Crippen LogP contribution in [0.15, 0.2) is 54.6 Å². The zero-order valence-electron chi connectivity index (χ0n) is 14.1. The monoisotopic (exact) mass is 381 g/mol. The minimum atomic E-state index is -4.54. The molecule has 0 aliphatic rings. The zero-order valence-corrected chi connectivity index (χ0v) is 14.1. The number of rotatable bonds is 5. The van der Waals surface area contributed by atoms with Gasteiger partial charge in [0.05, 0.1) is 5.56 Å². The highest BCUT2D eigenvalue weighted by atomic mass is 19.4. The van der Waals surface area contributed by atoms with Gasteiger partial charge in [-0.2, -0.15) is 13.2 Å². The van der Waals surface area contributed by atoms with Crippen LogP contribution in [0.25, 0.3) is 6.08 Å². The van der Waals surface area contributed by atoms with E-state index in [-0.39, 0.29) is 5.69 Å². The first kappa shape index (κ1) is 20.2. The maximum Gasteiger partial charge on any atom is 0.416 e. The lowest BCUT2D eigenvalue weighted by Crippen LogP contribution is -2.29. The SMILES string of the molecule is C[C@H](OC(=O)/C=C/c1ccc(F)cc1)C(=O)Nc1cccc(C(F)(F)F)c1. The van der Waals surface area contributed by atoms with E-state index >= 15 is 0 Å². The lowest BCUT2D eigenvalue weighted by molar-refractivity contribution is -0.148. The Balaban J connectivity index is 1.93. The second-order valence-corrected chi connectivity index (χ2v) is 5.53. The molecule has 0 aliphatic carbocycles. The number of halogens is 4. The normalized spacial score (nSPS) is 12.6. The summed E-state index contributed by atoms with van der Waals surface area (Å²) >= 11 is 0. The summed E-state index contributed by atoms with van der Waals surface area (Å²) in [5, 5.41) is 2.26. The molecule has 1 atom stereocenters. The van der Waals surface area contributed by atoms with Gasteiger partial charge in [0.1, 0.15) is 5.82 Å². The van der Waals surface area contributed by atoms with Crippen LogP contribution in [0.1, 0.15) is 18.1 Å². The summed E-state index contributed by atoms with van der Waals surface area (Å²) in [6.45, 7) is 1.28. The first-order chi connectivity index (χ1) is 12.6. The third-order valence-electron chi connectivity index (χ3n) is 3.40. The molecule has 0 saturated heterocycles. The maximum atomic E-state index is 12.8. The highest BCUT2D eigenvalue weighted by Crippen LogP contribution is 2.30. The van der Waals surface area contributed by atoms with Gasteiger partial charge < -0.3 is 10.1 Å². The molecule has 0 heterocycles. The largest absolute Gasteiger partial charge is 0.449 e. The topological polar surface area (TPSA) is 55.4 Å². The molecule has 2 aromatic rings. The third-order valence-corrected chi connectivity index (χ3v) is 3.40. The van der Waals surface area contributed by atoms with Crippen LogP contribution in [0, 0.1) is 5.82 Å². The number of anilines is 1. The second-order valence-electron chi connectivity index (χ2n) is 5.53. The molecule has 0 unspecified atom stereocenters. The van der Waals surface area contributed by atoms with Crippen molar-refractivity contribution in [2.45, 2.75) is 19.2 Å². The van der Waals surface area contributed by atoms with Gasteiger partial charge >= 0.3 is 12.1 Å². The summed E-state index contributed by atoms with van der Waals surface area (Å²) in [5.41, 5.74) is -0.429. The Morgan fingerprint density at radius 3 is 2.41 bits per heavy atom. The van der Waals surface area contributed by atoms with Gasteiger partial charge in [-0.1, -0.05) is 18.2 Å². The van der Waals surface area contributed by atoms with Crippen molar-refractivity contribution < 1.29 is 31.9 Å². The van der Waals surface area contributed by atoms with Crippen molar-refractivity contribution in [3.63, 3.8) is 0 Å². The lowest BCUT2D eigenvalue weighted by atomic mass is 10.2. The minimum absolute atomic E-state index is 0.0698. The van der Waals surface area contributed by atoms with Gasteiger partial charge in [-0.3, -0.25) is 4.79 Å². The molecule has 0 bridgehead atoms. The lowest BCUT2D eigenvalue weighted by Gasteiger charge is -2.13. The summed E-state index contributed by atoms with van der Waals surface area (Å²) in [7, 11) is 0. The number of carbonyl (C=O) groups excluding carboxylic acids is 2. The molecule has 4 nitrogen and oxygen atoms in total. The maximum absolute atomic E-state index is 12.8. The molecule has 2 aromatic carbocycles. The summed E-state index contributed by atoms with van der Waals surface area (Å²) in [4.78, 5) is 23.7. The molecule has 1 N–H and O–H groups in total. The molecule has 0 aromatic heterocycles. The van der Waals surface area contributed by atoms with Gasteiger partial charge in [0.25, 0.3) is 5.91 Å². The van der Waals surface area contributed by atoms with Gasteiger partial charge in [0.15, 0.2) is 6.10 Å². The third kappa shape index (κ3) is 6.25. The van der Waals surface area contributed by atoms with Crippen LogP contribution < -0.4 is 5.32 Å². The second kappa shape index (κ2) is 8.48. The highest BCUT2D eigenvalue weighted by molar-refractivity contribution is 5.96. The van der Waals surface area contributed by atoms with Crippen LogP contribution >= 0.6 is 0 Å². The molecule has 0 aliphatic heterocycles. The van der Waals surface area contributed by atoms with Crippen molar-refractivity contribution in [1.82, 2.24) is 0 Å². The van der Waals surface area contributed by atoms with Gasteiger partial charge in [-0.15, -0.1) is 0 Å². The number of amides is 1. The van der Waals surface area contributed by atoms with Crippen LogP contribution in [-0.2, 0) is 20.5 Å². The molecule has 142 valence electrons. The van der Waals surface area contributed by atoms with Crippen LogP contribution in [0.5, 0.6) is 0 Å². The van der Waals surface area contributed by atoms with Crippen molar-refractivity contribution >= 4 is 23.6 Å². The number of hydrogen-bond acceptors (Lipinski definition) is 3. The fraction of sp³-hybridized carbons (Fsp3) is 0.158. The number of hydrogen-bond donors (Lipinski definition) is 1. The van der Waals surface area contributed by atoms with Gasteiger partial charge in [0, 0.05) is 11.8 Å². The Hall–Kier alpha value is -3.16. The Morgan fingerprint density at radius 1 is 1.11 bits per heavy atom. The molecule has 0 fully saturated rings. The molecule has 1 amide bonds. The number of benzene rings is 2. The number of ether oxygens (including phenoxy) is 1. The Bertz CT molecular complexity index is 845. The van der Waals surface area contributed by atoms with E-state index in [9.17, 15) is 27.2 Å². The van der Waals surface area contributed by atoms with Crippen molar-refractivity contribution in [3.8, 4) is 0 Å². The fourth-order valence-corrected chi connectivity index (χ4v) is 2.02. The predicted molar refractivity (Wildman–Crippen MR) is 91.1 cm³/mol. The molecule has 0 spiro atoms. The minimum Gasteiger partial charge on any atom is -0.449 e. The average Bonchev–Trinajstić information content (AvgIpc) is 2.60. The molecular formula is C19H15F4NO3. The first-order valence-electron chi connectivity index (χ1n) is 7.77. The van der Waals surface area contributed by atoms with E-state index in [1.54, 1.807) is 0 Å². The highest BCUT2D eigenvalue weighted by Gasteiger charge is 2.30. The van der Waals surface area contributed by atoms with Gasteiger partial charge in [0.2, 0.25) is 0 Å². The fourth-order valence-electron chi connectivity index (χ4n) is 2.02. The first-order valence-corrected chi connectivity index (χ1v) is 7.77. The van der Waals surface area contributed by atoms with E-state index in [1.165, 1.54) is 43.3 Å². The van der Waals surface area contributed by atoms with Gasteiger partial charge in [-0.25, -0.2) is 9.18 Å². The quantitative estimate of drug-likeness (QED) is 0.474. The molecule has 27 heavy (non-hydrogen) atoms. The smallest absolute Gasteiger partial charge is 0.416 e. The van der Waals surface area contributed by atoms with Crippen molar-refractivity contribution in [2.75, 3.05) is 5.32 Å². The van der Waals surface area contributed by atoms with E-state index < -0.39 is 35.5 Å². The van der Waals surface area contributed by atoms with Crippen molar-refractivity contribution in [3.05, 3.63) is 71.6 Å². The summed E-state index contributed by atoms with van der Waals surface area (Å²) < 4.78 is 55.7. The number of carbonyl (C=O) groups is 2. The number of nitrogens with one attached hydrogen (secondary N) is 1. The standard InChI is InChI=1S/C19H15F4NO3/c1-12(27-17(25)10-7-13-5-8-15(20)9-6-13)18(26)24-16-4-2-3-14(11-16)19(21,22)23/h2-12H,1H3,(H,24,26)/b10-7+/t12-/m0/s1. The van der Waals surface area contributed by atoms with E-state index in [0.29, 0.717) is 5.56 Å². The Kier molecular flexibility index (Phi) is 6.33. The van der Waals surface area contributed by atoms with E-state index in [0.717, 1.165) is 24.3 Å². The molecular weight excluding hydrogens is 366 g/mol. The van der Waals surface area contributed by atoms with E-state index in [2.05, 4.69) is 5.32 Å². The Morgan fingerprint density at radius 2 is 1.78 bits per heavy atom. The summed E-state index contributed by atoms with van der Waals surface area (Å²) in [6.07, 6.45) is -3.34. The van der Waals surface area contributed by atoms with Crippen LogP contribution in [0.3, 0.4) is 0 Å². The van der Waals surface area contributed by atoms with E-state index in [1.807, 2.05) is 0 Å². The van der Waals surface area contributed by atoms with Crippen LogP contribution in [-0.4, -0.2) is 18.0 Å². The van der Waals surface area contributed by atoms with Crippen LogP contribution in [0.4, 0.5) is 23.2 Å². The molecule has 8 heteroatoms. The van der Waals surface area contributed by atoms with E-state index in [4.69, 9.17) is 4.74 Å². The van der Waals surface area contributed by atoms with Crippen LogP contribution in [0.2, 0.25) is 0 Å². The van der Waals surface area contributed by atoms with Gasteiger partial charge in [-0.05, 0) is 48.9 Å². The summed E-state index contributed by atoms with van der Waals surface area (Å²) in [6, 6.07) is 9.43. The van der Waals surface area contributed by atoms with Crippen molar-refractivity contribution in [1.29, 1.82) is 0 Å². The Labute approximate surface area is 152 Å². The van der Waals surface area contributed by atoms with Crippen molar-refractivity contribution in [2.24, 2.45) is 0 Å². The average molecular weight is 381 g/mol. The summed E-state index contributed by atoms with van der Waals surface area (Å²) in [5.74, 6) is -2.03. The number of esters is 1. The molecule has 0 radical (unpaired) electrons. The number of alkyl halides is 3. The molecule has 0 saturated carbocycles. The predicted octanol–water partition coefficient (Wildman–Crippen LogP) is 4.43. The molecule has 2 rings (SSSR count). The zero-order chi connectivity index (χ0) is 20.0.